The number of benzene rings is 2. The summed E-state index contributed by atoms with van der Waals surface area (Å²) in [6, 6.07) is 12.3. The summed E-state index contributed by atoms with van der Waals surface area (Å²) in [4.78, 5) is 37.2. The SMILES string of the molecule is C=C(CCC1=C(CN2CCN(c3ccc(C(=O)NS(=O)(=O)c4ccc(NCC5CCOCC5)c([N+](=O)[O-])c4)c(Oc4cnc5[nH]ccc5c4)c3)CC2)CCC(C)(C)C1)C(C)C. The standard InChI is InChI=1S/C46H59N7O7S/c1-31(2)32(3)6-7-35-27-46(4,5)16-12-36(35)30-51-18-20-52(21-19-51)37-8-10-40(43(25-37)60-38-24-34-13-17-47-44(34)49-29-38)45(54)50-61(57,58)39-9-11-41(42(26-39)53(55)56)48-28-33-14-22-59-23-15-33/h8-11,13,17,24-26,29,31,33,48H,3,6-7,12,14-16,18-23,27-28,30H2,1-2,4-5H3,(H,47,49)(H,50,54). The molecule has 2 aliphatic heterocycles. The van der Waals surface area contributed by atoms with Crippen LogP contribution in [-0.2, 0) is 14.8 Å². The van der Waals surface area contributed by atoms with Crippen molar-refractivity contribution >= 4 is 44.0 Å². The van der Waals surface area contributed by atoms with E-state index in [0.29, 0.717) is 42.5 Å². The Balaban J connectivity index is 1.08. The van der Waals surface area contributed by atoms with Gasteiger partial charge >= 0.3 is 0 Å². The molecule has 3 aliphatic rings. The van der Waals surface area contributed by atoms with Crippen LogP contribution >= 0.6 is 0 Å². The molecule has 7 rings (SSSR count). The lowest BCUT2D eigenvalue weighted by Crippen LogP contribution is -2.47. The van der Waals surface area contributed by atoms with Crippen LogP contribution in [-0.4, -0.2) is 86.6 Å². The molecule has 14 nitrogen and oxygen atoms in total. The Morgan fingerprint density at radius 2 is 1.85 bits per heavy atom. The molecular formula is C46H59N7O7S. The maximum absolute atomic E-state index is 13.9. The molecule has 0 bridgehead atoms. The second-order valence-electron chi connectivity index (χ2n) is 17.8. The number of rotatable bonds is 16. The molecule has 0 radical (unpaired) electrons. The van der Waals surface area contributed by atoms with Gasteiger partial charge in [0.05, 0.1) is 21.6 Å². The minimum Gasteiger partial charge on any atom is -0.455 e. The number of nitro benzene ring substituents is 1. The van der Waals surface area contributed by atoms with Gasteiger partial charge in [-0.3, -0.25) is 19.8 Å². The molecule has 4 heterocycles. The molecule has 15 heteroatoms. The highest BCUT2D eigenvalue weighted by molar-refractivity contribution is 7.90. The first-order valence-corrected chi connectivity index (χ1v) is 22.9. The van der Waals surface area contributed by atoms with Crippen molar-refractivity contribution in [2.24, 2.45) is 17.3 Å². The van der Waals surface area contributed by atoms with Crippen LogP contribution in [0.25, 0.3) is 11.0 Å². The van der Waals surface area contributed by atoms with Crippen LogP contribution in [0.4, 0.5) is 17.1 Å². The lowest BCUT2D eigenvalue weighted by Gasteiger charge is -2.39. The number of amides is 1. The number of carbonyl (C=O) groups excluding carboxylic acids is 1. The zero-order valence-corrected chi connectivity index (χ0v) is 36.6. The van der Waals surface area contributed by atoms with Gasteiger partial charge < -0.3 is 24.7 Å². The molecule has 0 spiro atoms. The van der Waals surface area contributed by atoms with Crippen molar-refractivity contribution in [3.8, 4) is 11.5 Å². The van der Waals surface area contributed by atoms with E-state index in [0.717, 1.165) is 88.4 Å². The summed E-state index contributed by atoms with van der Waals surface area (Å²) in [5.41, 5.74) is 6.06. The Hall–Kier alpha value is -5.25. The quantitative estimate of drug-likeness (QED) is 0.0559. The van der Waals surface area contributed by atoms with Gasteiger partial charge in [0, 0.05) is 81.9 Å². The van der Waals surface area contributed by atoms with Crippen molar-refractivity contribution in [2.45, 2.75) is 77.5 Å². The monoisotopic (exact) mass is 853 g/mol. The van der Waals surface area contributed by atoms with E-state index >= 15 is 0 Å². The first kappa shape index (κ1) is 43.8. The van der Waals surface area contributed by atoms with Gasteiger partial charge in [-0.1, -0.05) is 51.0 Å². The zero-order chi connectivity index (χ0) is 43.3. The van der Waals surface area contributed by atoms with E-state index in [9.17, 15) is 23.3 Å². The molecule has 61 heavy (non-hydrogen) atoms. The number of hydrogen-bond acceptors (Lipinski definition) is 11. The molecule has 1 aliphatic carbocycles. The normalized spacial score (nSPS) is 17.8. The summed E-state index contributed by atoms with van der Waals surface area (Å²) in [5.74, 6) is 0.330. The van der Waals surface area contributed by atoms with Crippen LogP contribution in [0, 0.1) is 27.4 Å². The van der Waals surface area contributed by atoms with E-state index < -0.39 is 31.4 Å². The number of aromatic amines is 1. The van der Waals surface area contributed by atoms with Gasteiger partial charge in [0.15, 0.2) is 0 Å². The maximum atomic E-state index is 13.9. The molecule has 2 aromatic carbocycles. The number of anilines is 2. The number of fused-ring (bicyclic) bond motifs is 1. The van der Waals surface area contributed by atoms with Crippen molar-refractivity contribution in [3.63, 3.8) is 0 Å². The Morgan fingerprint density at radius 1 is 1.08 bits per heavy atom. The van der Waals surface area contributed by atoms with E-state index in [2.05, 4.69) is 64.1 Å². The largest absolute Gasteiger partial charge is 0.455 e. The Kier molecular flexibility index (Phi) is 13.5. The van der Waals surface area contributed by atoms with Gasteiger partial charge in [-0.05, 0) is 98.6 Å². The average molecular weight is 854 g/mol. The third kappa shape index (κ3) is 11.0. The second-order valence-corrected chi connectivity index (χ2v) is 19.5. The van der Waals surface area contributed by atoms with Crippen LogP contribution in [0.15, 0.2) is 89.1 Å². The number of sulfonamides is 1. The third-order valence-electron chi connectivity index (χ3n) is 12.4. The number of hydrogen-bond donors (Lipinski definition) is 3. The number of nitrogens with zero attached hydrogens (tertiary/aromatic N) is 4. The third-order valence-corrected chi connectivity index (χ3v) is 13.8. The van der Waals surface area contributed by atoms with Crippen LogP contribution in [0.1, 0.15) is 83.0 Å². The first-order chi connectivity index (χ1) is 29.1. The van der Waals surface area contributed by atoms with Gasteiger partial charge in [-0.2, -0.15) is 0 Å². The molecular weight excluding hydrogens is 795 g/mol. The molecule has 2 fully saturated rings. The van der Waals surface area contributed by atoms with Crippen LogP contribution in [0.3, 0.4) is 0 Å². The van der Waals surface area contributed by atoms with Crippen LogP contribution in [0.2, 0.25) is 0 Å². The number of piperazine rings is 1. The maximum Gasteiger partial charge on any atom is 0.293 e. The number of allylic oxidation sites excluding steroid dienone is 2. The highest BCUT2D eigenvalue weighted by Gasteiger charge is 2.30. The fraction of sp³-hybridized carbons (Fsp3) is 0.478. The number of H-pyrrole nitrogens is 1. The molecule has 0 saturated carbocycles. The summed E-state index contributed by atoms with van der Waals surface area (Å²) in [5, 5.41) is 16.0. The van der Waals surface area contributed by atoms with Crippen molar-refractivity contribution in [3.05, 3.63) is 99.9 Å². The second kappa shape index (κ2) is 18.8. The summed E-state index contributed by atoms with van der Waals surface area (Å²) >= 11 is 0. The zero-order valence-electron chi connectivity index (χ0n) is 35.8. The molecule has 0 atom stereocenters. The summed E-state index contributed by atoms with van der Waals surface area (Å²) in [7, 11) is -4.54. The molecule has 0 unspecified atom stereocenters. The van der Waals surface area contributed by atoms with Crippen molar-refractivity contribution in [1.82, 2.24) is 19.6 Å². The number of aromatic nitrogens is 2. The number of pyridine rings is 1. The predicted octanol–water partition coefficient (Wildman–Crippen LogP) is 8.84. The molecule has 2 aromatic heterocycles. The minimum atomic E-state index is -4.54. The van der Waals surface area contributed by atoms with E-state index in [1.54, 1.807) is 41.6 Å². The van der Waals surface area contributed by atoms with Gasteiger partial charge in [0.25, 0.3) is 21.6 Å². The van der Waals surface area contributed by atoms with Gasteiger partial charge in [0.2, 0.25) is 0 Å². The summed E-state index contributed by atoms with van der Waals surface area (Å²) < 4.78 is 41.2. The van der Waals surface area contributed by atoms with Crippen molar-refractivity contribution in [1.29, 1.82) is 0 Å². The average Bonchev–Trinajstić information content (AvgIpc) is 3.71. The Morgan fingerprint density at radius 3 is 2.59 bits per heavy atom. The number of carbonyl (C=O) groups is 1. The predicted molar refractivity (Wildman–Crippen MR) is 239 cm³/mol. The number of nitro groups is 1. The fourth-order valence-corrected chi connectivity index (χ4v) is 9.44. The lowest BCUT2D eigenvalue weighted by atomic mass is 9.72. The van der Waals surface area contributed by atoms with E-state index in [1.807, 2.05) is 6.07 Å². The smallest absolute Gasteiger partial charge is 0.293 e. The van der Waals surface area contributed by atoms with Crippen molar-refractivity contribution in [2.75, 3.05) is 62.7 Å². The number of ether oxygens (including phenoxy) is 2. The highest BCUT2D eigenvalue weighted by Crippen LogP contribution is 2.41. The van der Waals surface area contributed by atoms with E-state index in [1.165, 1.54) is 30.3 Å². The Bertz CT molecular complexity index is 2390. The minimum absolute atomic E-state index is 0.0239. The van der Waals surface area contributed by atoms with Gasteiger partial charge in [0.1, 0.15) is 22.8 Å². The van der Waals surface area contributed by atoms with Gasteiger partial charge in [-0.25, -0.2) is 18.1 Å². The van der Waals surface area contributed by atoms with E-state index in [4.69, 9.17) is 9.47 Å². The molecule has 4 aromatic rings. The van der Waals surface area contributed by atoms with Crippen LogP contribution in [0.5, 0.6) is 11.5 Å². The molecule has 326 valence electrons. The van der Waals surface area contributed by atoms with Gasteiger partial charge in [-0.15, -0.1) is 0 Å². The molecule has 2 saturated heterocycles. The van der Waals surface area contributed by atoms with Crippen LogP contribution < -0.4 is 19.7 Å². The topological polar surface area (TPSA) is 172 Å². The van der Waals surface area contributed by atoms with Crippen molar-refractivity contribution < 1.29 is 27.6 Å². The number of nitrogens with one attached hydrogen (secondary N) is 3. The molecule has 3 N–H and O–H groups in total. The first-order valence-electron chi connectivity index (χ1n) is 21.4. The molecule has 1 amide bonds. The summed E-state index contributed by atoms with van der Waals surface area (Å²) in [6.07, 6.45) is 10.5. The summed E-state index contributed by atoms with van der Waals surface area (Å²) in [6.45, 7) is 19.5. The fourth-order valence-electron chi connectivity index (χ4n) is 8.45. The van der Waals surface area contributed by atoms with E-state index in [-0.39, 0.29) is 22.9 Å². The lowest BCUT2D eigenvalue weighted by molar-refractivity contribution is -0.384. The highest BCUT2D eigenvalue weighted by atomic mass is 32.2. The Labute approximate surface area is 359 Å².